The van der Waals surface area contributed by atoms with Crippen molar-refractivity contribution in [3.05, 3.63) is 151 Å². The lowest BCUT2D eigenvalue weighted by Crippen LogP contribution is -2.09. The number of ether oxygens (including phenoxy) is 1. The molecule has 0 fully saturated rings. The van der Waals surface area contributed by atoms with E-state index >= 15 is 0 Å². The van der Waals surface area contributed by atoms with Crippen molar-refractivity contribution in [1.82, 2.24) is 4.98 Å². The molecule has 4 nitrogen and oxygen atoms in total. The Kier molecular flexibility index (Phi) is 5.84. The summed E-state index contributed by atoms with van der Waals surface area (Å²) in [4.78, 5) is 6.48. The number of fused-ring (bicyclic) bond motifs is 6. The summed E-state index contributed by atoms with van der Waals surface area (Å²) in [7, 11) is 0. The van der Waals surface area contributed by atoms with Gasteiger partial charge < -0.3 is 15.4 Å². The van der Waals surface area contributed by atoms with E-state index in [2.05, 4.69) is 132 Å². The summed E-state index contributed by atoms with van der Waals surface area (Å²) in [5, 5.41) is 10.9. The molecule has 1 aromatic heterocycles. The van der Waals surface area contributed by atoms with E-state index in [0.29, 0.717) is 0 Å². The summed E-state index contributed by atoms with van der Waals surface area (Å²) in [5.74, 6) is 0.863. The van der Waals surface area contributed by atoms with E-state index in [0.717, 1.165) is 49.9 Å². The third-order valence-electron chi connectivity index (χ3n) is 8.57. The highest BCUT2D eigenvalue weighted by Gasteiger charge is 2.27. The molecule has 6 aromatic carbocycles. The van der Waals surface area contributed by atoms with Gasteiger partial charge in [0.05, 0.1) is 16.9 Å². The molecule has 2 aliphatic heterocycles. The fraction of sp³-hybridized carbons (Fsp3) is 0.0513. The van der Waals surface area contributed by atoms with Crippen molar-refractivity contribution in [3.63, 3.8) is 0 Å². The smallest absolute Gasteiger partial charge is 0.196 e. The molecule has 210 valence electrons. The lowest BCUT2D eigenvalue weighted by Gasteiger charge is -2.14. The molecule has 0 aliphatic carbocycles. The van der Waals surface area contributed by atoms with Gasteiger partial charge in [0.1, 0.15) is 11.1 Å². The van der Waals surface area contributed by atoms with Gasteiger partial charge in [-0.1, -0.05) is 121 Å². The van der Waals surface area contributed by atoms with Crippen LogP contribution in [0.1, 0.15) is 22.7 Å². The number of rotatable bonds is 4. The van der Waals surface area contributed by atoms with E-state index in [4.69, 9.17) is 9.72 Å². The Bertz CT molecular complexity index is 2150. The predicted octanol–water partition coefficient (Wildman–Crippen LogP) is 10.4. The van der Waals surface area contributed by atoms with Crippen LogP contribution >= 0.6 is 11.8 Å². The van der Waals surface area contributed by atoms with Crippen molar-refractivity contribution >= 4 is 44.8 Å². The van der Waals surface area contributed by atoms with Gasteiger partial charge in [0.15, 0.2) is 6.23 Å². The maximum Gasteiger partial charge on any atom is 0.196 e. The predicted molar refractivity (Wildman–Crippen MR) is 182 cm³/mol. The maximum absolute atomic E-state index is 6.38. The van der Waals surface area contributed by atoms with Gasteiger partial charge in [-0.05, 0) is 47.0 Å². The van der Waals surface area contributed by atoms with Crippen LogP contribution in [0, 0.1) is 0 Å². The average Bonchev–Trinajstić information content (AvgIpc) is 3.74. The van der Waals surface area contributed by atoms with E-state index in [1.807, 2.05) is 30.0 Å². The molecule has 0 bridgehead atoms. The molecular formula is C39H27N3OS. The normalized spacial score (nSPS) is 16.6. The molecule has 0 amide bonds. The minimum atomic E-state index is -0.226. The molecule has 2 aliphatic rings. The van der Waals surface area contributed by atoms with Gasteiger partial charge in [-0.25, -0.2) is 4.98 Å². The zero-order chi connectivity index (χ0) is 29.0. The third-order valence-corrected chi connectivity index (χ3v) is 9.81. The van der Waals surface area contributed by atoms with Crippen LogP contribution in [0.2, 0.25) is 0 Å². The first-order valence-electron chi connectivity index (χ1n) is 14.9. The lowest BCUT2D eigenvalue weighted by atomic mass is 9.96. The number of anilines is 2. The number of benzene rings is 6. The monoisotopic (exact) mass is 585 g/mol. The highest BCUT2D eigenvalue weighted by Crippen LogP contribution is 2.48. The Morgan fingerprint density at radius 2 is 1.27 bits per heavy atom. The Hall–Kier alpha value is -5.26. The van der Waals surface area contributed by atoms with Gasteiger partial charge in [0.2, 0.25) is 0 Å². The second-order valence-corrected chi connectivity index (χ2v) is 12.4. The highest BCUT2D eigenvalue weighted by molar-refractivity contribution is 8.00. The number of pyridine rings is 1. The number of para-hydroxylation sites is 2. The Morgan fingerprint density at radius 3 is 2.09 bits per heavy atom. The topological polar surface area (TPSA) is 46.2 Å². The summed E-state index contributed by atoms with van der Waals surface area (Å²) in [6, 6.07) is 49.1. The number of nitrogens with one attached hydrogen (secondary N) is 2. The summed E-state index contributed by atoms with van der Waals surface area (Å²) in [6.07, 6.45) is -0.226. The summed E-state index contributed by atoms with van der Waals surface area (Å²) >= 11 is 1.87. The van der Waals surface area contributed by atoms with Crippen LogP contribution in [0.25, 0.3) is 44.1 Å². The Labute approximate surface area is 259 Å². The molecule has 2 unspecified atom stereocenters. The van der Waals surface area contributed by atoms with E-state index in [1.54, 1.807) is 0 Å². The second-order valence-electron chi connectivity index (χ2n) is 11.2. The van der Waals surface area contributed by atoms with Gasteiger partial charge in [0, 0.05) is 37.9 Å². The summed E-state index contributed by atoms with van der Waals surface area (Å²) < 4.78 is 6.38. The standard InChI is InChI=1S/C39H27N3OS/c1-2-8-27(9-3-1)38-42-37-33(43-38)23-22-30-35(37)29-10-4-5-11-31(29)40-36(30)26-18-14-24(15-19-26)25-16-20-28(21-17-25)39-41-32-12-6-7-13-34(32)44-39/h1-23,38-39,41-42H. The lowest BCUT2D eigenvalue weighted by molar-refractivity contribution is 0.260. The van der Waals surface area contributed by atoms with Crippen molar-refractivity contribution in [3.8, 4) is 28.1 Å². The number of nitrogens with zero attached hydrogens (tertiary/aromatic N) is 1. The van der Waals surface area contributed by atoms with E-state index in [9.17, 15) is 0 Å². The first-order chi connectivity index (χ1) is 21.8. The van der Waals surface area contributed by atoms with Crippen LogP contribution in [0.5, 0.6) is 5.75 Å². The molecule has 0 spiro atoms. The molecule has 2 N–H and O–H groups in total. The molecule has 0 saturated heterocycles. The molecule has 3 heterocycles. The quantitative estimate of drug-likeness (QED) is 0.201. The van der Waals surface area contributed by atoms with Crippen molar-refractivity contribution < 1.29 is 4.74 Å². The fourth-order valence-corrected chi connectivity index (χ4v) is 7.50. The first kappa shape index (κ1) is 25.3. The maximum atomic E-state index is 6.38. The van der Waals surface area contributed by atoms with Crippen LogP contribution in [0.15, 0.2) is 144 Å². The Morgan fingerprint density at radius 1 is 0.568 bits per heavy atom. The molecule has 0 saturated carbocycles. The van der Waals surface area contributed by atoms with Gasteiger partial charge in [-0.15, -0.1) is 0 Å². The van der Waals surface area contributed by atoms with Gasteiger partial charge in [-0.2, -0.15) is 0 Å². The minimum Gasteiger partial charge on any atom is -0.464 e. The van der Waals surface area contributed by atoms with Crippen LogP contribution in [0.4, 0.5) is 11.4 Å². The van der Waals surface area contributed by atoms with Crippen molar-refractivity contribution in [2.45, 2.75) is 16.5 Å². The summed E-state index contributed by atoms with van der Waals surface area (Å²) in [5.41, 5.74) is 10.0. The van der Waals surface area contributed by atoms with Crippen LogP contribution in [0.3, 0.4) is 0 Å². The van der Waals surface area contributed by atoms with E-state index in [-0.39, 0.29) is 11.6 Å². The van der Waals surface area contributed by atoms with Crippen molar-refractivity contribution in [2.75, 3.05) is 10.6 Å². The number of thioether (sulfide) groups is 1. The van der Waals surface area contributed by atoms with Crippen LogP contribution in [-0.4, -0.2) is 4.98 Å². The highest BCUT2D eigenvalue weighted by atomic mass is 32.2. The number of hydrogen-bond donors (Lipinski definition) is 2. The average molecular weight is 586 g/mol. The Balaban J connectivity index is 1.06. The zero-order valence-electron chi connectivity index (χ0n) is 23.7. The molecule has 2 atom stereocenters. The molecule has 0 radical (unpaired) electrons. The number of hydrogen-bond acceptors (Lipinski definition) is 5. The molecular weight excluding hydrogens is 559 g/mol. The van der Waals surface area contributed by atoms with Gasteiger partial charge in [-0.3, -0.25) is 0 Å². The largest absolute Gasteiger partial charge is 0.464 e. The zero-order valence-corrected chi connectivity index (χ0v) is 24.5. The van der Waals surface area contributed by atoms with Crippen LogP contribution in [-0.2, 0) is 0 Å². The SMILES string of the molecule is c1ccc(C2Nc3c(ccc4c(-c5ccc(-c6ccc(C7Nc8ccccc8S7)cc6)cc5)nc5ccccc5c34)O2)cc1. The number of aromatic nitrogens is 1. The van der Waals surface area contributed by atoms with Gasteiger partial charge >= 0.3 is 0 Å². The van der Waals surface area contributed by atoms with Gasteiger partial charge in [0.25, 0.3) is 0 Å². The third kappa shape index (κ3) is 4.20. The van der Waals surface area contributed by atoms with E-state index < -0.39 is 0 Å². The van der Waals surface area contributed by atoms with E-state index in [1.165, 1.54) is 27.3 Å². The molecule has 44 heavy (non-hydrogen) atoms. The second kappa shape index (κ2) is 10.2. The minimum absolute atomic E-state index is 0.226. The molecule has 7 aromatic rings. The summed E-state index contributed by atoms with van der Waals surface area (Å²) in [6.45, 7) is 0. The molecule has 9 rings (SSSR count). The first-order valence-corrected chi connectivity index (χ1v) is 15.7. The van der Waals surface area contributed by atoms with Crippen molar-refractivity contribution in [2.24, 2.45) is 0 Å². The van der Waals surface area contributed by atoms with Crippen molar-refractivity contribution in [1.29, 1.82) is 0 Å². The fourth-order valence-electron chi connectivity index (χ4n) is 6.36. The van der Waals surface area contributed by atoms with Crippen LogP contribution < -0.4 is 15.4 Å². The molecule has 5 heteroatoms.